The summed E-state index contributed by atoms with van der Waals surface area (Å²) in [7, 11) is -3.53. The Balaban J connectivity index is 2.28. The first kappa shape index (κ1) is 16.1. The first-order valence-electron chi connectivity index (χ1n) is 7.19. The van der Waals surface area contributed by atoms with Crippen LogP contribution in [-0.2, 0) is 10.0 Å². The quantitative estimate of drug-likeness (QED) is 0.818. The summed E-state index contributed by atoms with van der Waals surface area (Å²) in [5, 5.41) is 0. The van der Waals surface area contributed by atoms with E-state index in [-0.39, 0.29) is 4.90 Å². The summed E-state index contributed by atoms with van der Waals surface area (Å²) < 4.78 is 37.7. The lowest BCUT2D eigenvalue weighted by Crippen LogP contribution is -2.33. The molecule has 7 heteroatoms. The number of ether oxygens (including phenoxy) is 2. The monoisotopic (exact) mass is 314 g/mol. The Labute approximate surface area is 125 Å². The fourth-order valence-electron chi connectivity index (χ4n) is 2.20. The van der Waals surface area contributed by atoms with Crippen molar-refractivity contribution in [1.82, 2.24) is 4.31 Å². The summed E-state index contributed by atoms with van der Waals surface area (Å²) in [5.41, 5.74) is 5.49. The molecule has 0 spiro atoms. The lowest BCUT2D eigenvalue weighted by atomic mass is 10.3. The smallest absolute Gasteiger partial charge is 0.243 e. The highest BCUT2D eigenvalue weighted by molar-refractivity contribution is 7.89. The lowest BCUT2D eigenvalue weighted by Gasteiger charge is -2.23. The number of nitrogens with zero attached hydrogens (tertiary/aromatic N) is 1. The maximum absolute atomic E-state index is 12.7. The van der Waals surface area contributed by atoms with E-state index >= 15 is 0 Å². The molecule has 1 heterocycles. The van der Waals surface area contributed by atoms with Crippen LogP contribution in [0.3, 0.4) is 0 Å². The van der Waals surface area contributed by atoms with Gasteiger partial charge in [-0.1, -0.05) is 6.92 Å². The van der Waals surface area contributed by atoms with E-state index in [0.29, 0.717) is 50.8 Å². The van der Waals surface area contributed by atoms with Crippen LogP contribution in [0.2, 0.25) is 0 Å². The third kappa shape index (κ3) is 3.66. The molecule has 0 aliphatic carbocycles. The van der Waals surface area contributed by atoms with E-state index in [1.807, 2.05) is 6.92 Å². The van der Waals surface area contributed by atoms with Crippen LogP contribution in [0.25, 0.3) is 0 Å². The number of rotatable bonds is 7. The first-order chi connectivity index (χ1) is 10.1. The molecule has 0 unspecified atom stereocenters. The average molecular weight is 314 g/mol. The Kier molecular flexibility index (Phi) is 5.44. The van der Waals surface area contributed by atoms with Crippen molar-refractivity contribution in [2.24, 2.45) is 5.73 Å². The van der Waals surface area contributed by atoms with Crippen molar-refractivity contribution < 1.29 is 17.9 Å². The van der Waals surface area contributed by atoms with Gasteiger partial charge in [-0.05, 0) is 31.5 Å². The Morgan fingerprint density at radius 1 is 1.19 bits per heavy atom. The van der Waals surface area contributed by atoms with Gasteiger partial charge in [0.2, 0.25) is 10.0 Å². The van der Waals surface area contributed by atoms with E-state index in [1.54, 1.807) is 12.1 Å². The number of nitrogens with two attached hydrogens (primary N) is 1. The minimum Gasteiger partial charge on any atom is -0.486 e. The van der Waals surface area contributed by atoms with Crippen molar-refractivity contribution >= 4 is 10.0 Å². The minimum atomic E-state index is -3.53. The fraction of sp³-hybridized carbons (Fsp3) is 0.571. The molecule has 1 aliphatic heterocycles. The topological polar surface area (TPSA) is 81.9 Å². The Hall–Kier alpha value is -1.31. The van der Waals surface area contributed by atoms with Gasteiger partial charge >= 0.3 is 0 Å². The SMILES string of the molecule is CCCN(CCCN)S(=O)(=O)c1ccc2c(c1)OCCO2. The predicted molar refractivity (Wildman–Crippen MR) is 80.2 cm³/mol. The van der Waals surface area contributed by atoms with Crippen LogP contribution in [-0.4, -0.2) is 45.6 Å². The molecule has 0 aromatic heterocycles. The molecular weight excluding hydrogens is 292 g/mol. The third-order valence-corrected chi connectivity index (χ3v) is 5.13. The number of benzene rings is 1. The van der Waals surface area contributed by atoms with E-state index in [2.05, 4.69) is 0 Å². The fourth-order valence-corrected chi connectivity index (χ4v) is 3.79. The van der Waals surface area contributed by atoms with Crippen LogP contribution in [0.4, 0.5) is 0 Å². The zero-order valence-electron chi connectivity index (χ0n) is 12.2. The molecule has 2 rings (SSSR count). The molecule has 118 valence electrons. The zero-order chi connectivity index (χ0) is 15.3. The standard InChI is InChI=1S/C14H22N2O4S/c1-2-7-16(8-3-6-15)21(17,18)12-4-5-13-14(11-12)20-10-9-19-13/h4-5,11H,2-3,6-10,15H2,1H3. The van der Waals surface area contributed by atoms with Crippen LogP contribution in [0, 0.1) is 0 Å². The second-order valence-corrected chi connectivity index (χ2v) is 6.79. The van der Waals surface area contributed by atoms with Crippen LogP contribution in [0.5, 0.6) is 11.5 Å². The summed E-state index contributed by atoms with van der Waals surface area (Å²) in [6.45, 7) is 4.25. The van der Waals surface area contributed by atoms with E-state index in [1.165, 1.54) is 10.4 Å². The van der Waals surface area contributed by atoms with Gasteiger partial charge in [0.05, 0.1) is 4.90 Å². The normalized spacial score (nSPS) is 14.4. The predicted octanol–water partition coefficient (Wildman–Crippen LogP) is 1.21. The van der Waals surface area contributed by atoms with Gasteiger partial charge in [-0.3, -0.25) is 0 Å². The molecule has 21 heavy (non-hydrogen) atoms. The molecule has 6 nitrogen and oxygen atoms in total. The van der Waals surface area contributed by atoms with E-state index in [9.17, 15) is 8.42 Å². The summed E-state index contributed by atoms with van der Waals surface area (Å²) in [6, 6.07) is 4.75. The van der Waals surface area contributed by atoms with Crippen molar-refractivity contribution in [3.8, 4) is 11.5 Å². The van der Waals surface area contributed by atoms with Crippen molar-refractivity contribution in [2.75, 3.05) is 32.8 Å². The molecular formula is C14H22N2O4S. The molecule has 0 bridgehead atoms. The largest absolute Gasteiger partial charge is 0.486 e. The van der Waals surface area contributed by atoms with Crippen molar-refractivity contribution in [1.29, 1.82) is 0 Å². The average Bonchev–Trinajstić information content (AvgIpc) is 2.50. The number of sulfonamides is 1. The molecule has 1 aromatic rings. The van der Waals surface area contributed by atoms with Crippen molar-refractivity contribution in [2.45, 2.75) is 24.7 Å². The summed E-state index contributed by atoms with van der Waals surface area (Å²) in [4.78, 5) is 0.234. The Bertz CT molecular complexity index is 574. The molecule has 0 amide bonds. The zero-order valence-corrected chi connectivity index (χ0v) is 13.1. The molecule has 0 saturated heterocycles. The van der Waals surface area contributed by atoms with Crippen LogP contribution in [0.1, 0.15) is 19.8 Å². The molecule has 0 radical (unpaired) electrons. The molecule has 1 aliphatic rings. The van der Waals surface area contributed by atoms with Gasteiger partial charge in [0.15, 0.2) is 11.5 Å². The molecule has 0 atom stereocenters. The number of hydrogen-bond acceptors (Lipinski definition) is 5. The maximum Gasteiger partial charge on any atom is 0.243 e. The van der Waals surface area contributed by atoms with Gasteiger partial charge in [0.1, 0.15) is 13.2 Å². The summed E-state index contributed by atoms with van der Waals surface area (Å²) in [5.74, 6) is 1.07. The summed E-state index contributed by atoms with van der Waals surface area (Å²) >= 11 is 0. The van der Waals surface area contributed by atoms with Crippen molar-refractivity contribution in [3.05, 3.63) is 18.2 Å². The Morgan fingerprint density at radius 3 is 2.57 bits per heavy atom. The second kappa shape index (κ2) is 7.11. The molecule has 2 N–H and O–H groups in total. The van der Waals surface area contributed by atoms with Gasteiger partial charge in [-0.2, -0.15) is 4.31 Å². The van der Waals surface area contributed by atoms with Crippen LogP contribution >= 0.6 is 0 Å². The Morgan fingerprint density at radius 2 is 1.90 bits per heavy atom. The molecule has 1 aromatic carbocycles. The van der Waals surface area contributed by atoms with Crippen LogP contribution < -0.4 is 15.2 Å². The minimum absolute atomic E-state index is 0.234. The number of fused-ring (bicyclic) bond motifs is 1. The van der Waals surface area contributed by atoms with E-state index < -0.39 is 10.0 Å². The molecule has 0 saturated carbocycles. The highest BCUT2D eigenvalue weighted by atomic mass is 32.2. The highest BCUT2D eigenvalue weighted by Crippen LogP contribution is 2.33. The van der Waals surface area contributed by atoms with Gasteiger partial charge < -0.3 is 15.2 Å². The second-order valence-electron chi connectivity index (χ2n) is 4.85. The third-order valence-electron chi connectivity index (χ3n) is 3.24. The van der Waals surface area contributed by atoms with Crippen LogP contribution in [0.15, 0.2) is 23.1 Å². The maximum atomic E-state index is 12.7. The first-order valence-corrected chi connectivity index (χ1v) is 8.63. The molecule has 0 fully saturated rings. The van der Waals surface area contributed by atoms with Gasteiger partial charge in [-0.15, -0.1) is 0 Å². The lowest BCUT2D eigenvalue weighted by molar-refractivity contribution is 0.171. The highest BCUT2D eigenvalue weighted by Gasteiger charge is 2.25. The van der Waals surface area contributed by atoms with E-state index in [4.69, 9.17) is 15.2 Å². The van der Waals surface area contributed by atoms with Gasteiger partial charge in [0, 0.05) is 19.2 Å². The summed E-state index contributed by atoms with van der Waals surface area (Å²) in [6.07, 6.45) is 1.40. The van der Waals surface area contributed by atoms with Gasteiger partial charge in [0.25, 0.3) is 0 Å². The van der Waals surface area contributed by atoms with E-state index in [0.717, 1.165) is 6.42 Å². The number of hydrogen-bond donors (Lipinski definition) is 1. The van der Waals surface area contributed by atoms with Crippen molar-refractivity contribution in [3.63, 3.8) is 0 Å². The van der Waals surface area contributed by atoms with Gasteiger partial charge in [-0.25, -0.2) is 8.42 Å².